The topological polar surface area (TPSA) is 55.8 Å². The number of aliphatic hydroxyl groups is 1. The Labute approximate surface area is 185 Å². The molecule has 174 valence electrons. The van der Waals surface area contributed by atoms with Gasteiger partial charge in [0.25, 0.3) is 0 Å². The normalized spacial score (nSPS) is 13.0. The highest BCUT2D eigenvalue weighted by molar-refractivity contribution is 5.69. The average molecular weight is 423 g/mol. The second-order valence-electron chi connectivity index (χ2n) is 7.68. The van der Waals surface area contributed by atoms with Crippen LogP contribution in [0.25, 0.3) is 0 Å². The van der Waals surface area contributed by atoms with Gasteiger partial charge in [-0.25, -0.2) is 0 Å². The van der Waals surface area contributed by atoms with Crippen molar-refractivity contribution in [2.45, 2.75) is 103 Å². The molecule has 0 aromatic heterocycles. The van der Waals surface area contributed by atoms with E-state index >= 15 is 0 Å². The lowest BCUT2D eigenvalue weighted by Gasteiger charge is -2.15. The van der Waals surface area contributed by atoms with Crippen molar-refractivity contribution in [3.05, 3.63) is 36.5 Å². The van der Waals surface area contributed by atoms with E-state index in [1.165, 1.54) is 32.1 Å². The second-order valence-corrected chi connectivity index (χ2v) is 7.68. The van der Waals surface area contributed by atoms with Gasteiger partial charge in [0.15, 0.2) is 0 Å². The van der Waals surface area contributed by atoms with Crippen LogP contribution in [-0.4, -0.2) is 37.0 Å². The third-order valence-electron chi connectivity index (χ3n) is 4.73. The quantitative estimate of drug-likeness (QED) is 0.127. The maximum absolute atomic E-state index is 11.6. The number of aliphatic hydroxyl groups excluding tert-OH is 1. The van der Waals surface area contributed by atoms with E-state index in [4.69, 9.17) is 9.47 Å². The Morgan fingerprint density at radius 2 is 1.47 bits per heavy atom. The van der Waals surface area contributed by atoms with E-state index in [-0.39, 0.29) is 19.2 Å². The molecular weight excluding hydrogens is 376 g/mol. The fourth-order valence-corrected chi connectivity index (χ4v) is 2.90. The summed E-state index contributed by atoms with van der Waals surface area (Å²) >= 11 is 0. The molecule has 1 atom stereocenters. The second kappa shape index (κ2) is 23.9. The molecule has 1 unspecified atom stereocenters. The highest BCUT2D eigenvalue weighted by Gasteiger charge is 2.13. The molecule has 0 saturated heterocycles. The molecular formula is C26H46O4. The fraction of sp³-hybridized carbons (Fsp3) is 0.731. The summed E-state index contributed by atoms with van der Waals surface area (Å²) in [4.78, 5) is 11.6. The molecule has 1 N–H and O–H groups in total. The molecule has 4 nitrogen and oxygen atoms in total. The smallest absolute Gasteiger partial charge is 0.306 e. The van der Waals surface area contributed by atoms with Crippen LogP contribution in [0.1, 0.15) is 97.3 Å². The number of ether oxygens (including phenoxy) is 2. The first-order chi connectivity index (χ1) is 14.7. The Hall–Kier alpha value is -1.39. The highest BCUT2D eigenvalue weighted by atomic mass is 16.6. The first-order valence-electron chi connectivity index (χ1n) is 12.1. The van der Waals surface area contributed by atoms with Gasteiger partial charge in [-0.1, -0.05) is 82.4 Å². The van der Waals surface area contributed by atoms with Gasteiger partial charge in [0.2, 0.25) is 0 Å². The maximum Gasteiger partial charge on any atom is 0.306 e. The molecule has 0 radical (unpaired) electrons. The third-order valence-corrected chi connectivity index (χ3v) is 4.73. The van der Waals surface area contributed by atoms with Gasteiger partial charge in [-0.15, -0.1) is 0 Å². The molecule has 0 aliphatic rings. The largest absolute Gasteiger partial charge is 0.457 e. The Balaban J connectivity index is 3.42. The summed E-state index contributed by atoms with van der Waals surface area (Å²) in [6, 6.07) is 0. The van der Waals surface area contributed by atoms with Crippen LogP contribution >= 0.6 is 0 Å². The minimum Gasteiger partial charge on any atom is -0.457 e. The molecule has 0 fully saturated rings. The molecule has 0 amide bonds. The zero-order valence-corrected chi connectivity index (χ0v) is 19.5. The van der Waals surface area contributed by atoms with Crippen molar-refractivity contribution in [2.75, 3.05) is 19.8 Å². The Kier molecular flexibility index (Phi) is 22.8. The van der Waals surface area contributed by atoms with Crippen LogP contribution in [0.5, 0.6) is 0 Å². The predicted molar refractivity (Wildman–Crippen MR) is 127 cm³/mol. The Morgan fingerprint density at radius 1 is 0.833 bits per heavy atom. The van der Waals surface area contributed by atoms with Crippen molar-refractivity contribution in [3.63, 3.8) is 0 Å². The molecule has 0 rings (SSSR count). The molecule has 0 aliphatic carbocycles. The number of hydrogen-bond acceptors (Lipinski definition) is 4. The summed E-state index contributed by atoms with van der Waals surface area (Å²) in [5.41, 5.74) is 0. The minimum atomic E-state index is -0.532. The molecule has 0 spiro atoms. The molecule has 30 heavy (non-hydrogen) atoms. The number of unbranched alkanes of at least 4 members (excludes halogenated alkanes) is 7. The van der Waals surface area contributed by atoms with E-state index in [0.29, 0.717) is 13.0 Å². The lowest BCUT2D eigenvalue weighted by Crippen LogP contribution is -2.27. The van der Waals surface area contributed by atoms with Crippen molar-refractivity contribution in [3.8, 4) is 0 Å². The van der Waals surface area contributed by atoms with Crippen molar-refractivity contribution in [1.82, 2.24) is 0 Å². The van der Waals surface area contributed by atoms with Gasteiger partial charge in [0, 0.05) is 13.0 Å². The van der Waals surface area contributed by atoms with Crippen molar-refractivity contribution in [1.29, 1.82) is 0 Å². The summed E-state index contributed by atoms with van der Waals surface area (Å²) in [5.74, 6) is -0.245. The van der Waals surface area contributed by atoms with E-state index in [1.54, 1.807) is 0 Å². The maximum atomic E-state index is 11.6. The van der Waals surface area contributed by atoms with E-state index in [1.807, 2.05) is 6.92 Å². The number of rotatable bonds is 21. The van der Waals surface area contributed by atoms with Gasteiger partial charge in [0.05, 0.1) is 13.2 Å². The van der Waals surface area contributed by atoms with Crippen molar-refractivity contribution >= 4 is 5.97 Å². The highest BCUT2D eigenvalue weighted by Crippen LogP contribution is 2.08. The molecule has 0 aromatic carbocycles. The van der Waals surface area contributed by atoms with Crippen LogP contribution in [0.3, 0.4) is 0 Å². The number of carbonyl (C=O) groups excluding carboxylic acids is 1. The van der Waals surface area contributed by atoms with Crippen LogP contribution < -0.4 is 0 Å². The molecule has 4 heteroatoms. The van der Waals surface area contributed by atoms with Gasteiger partial charge >= 0.3 is 5.97 Å². The lowest BCUT2D eigenvalue weighted by atomic mass is 10.1. The average Bonchev–Trinajstić information content (AvgIpc) is 2.76. The first kappa shape index (κ1) is 28.6. The van der Waals surface area contributed by atoms with Gasteiger partial charge in [-0.3, -0.25) is 4.79 Å². The summed E-state index contributed by atoms with van der Waals surface area (Å²) in [6.07, 6.45) is 26.7. The monoisotopic (exact) mass is 422 g/mol. The zero-order chi connectivity index (χ0) is 22.1. The van der Waals surface area contributed by atoms with Gasteiger partial charge in [-0.05, 0) is 44.9 Å². The number of carbonyl (C=O) groups is 1. The number of esters is 1. The molecule has 0 bridgehead atoms. The Bertz CT molecular complexity index is 454. The predicted octanol–water partition coefficient (Wildman–Crippen LogP) is 6.69. The molecule has 0 saturated carbocycles. The number of hydrogen-bond donors (Lipinski definition) is 1. The molecule has 0 aliphatic heterocycles. The zero-order valence-electron chi connectivity index (χ0n) is 19.5. The van der Waals surface area contributed by atoms with E-state index in [2.05, 4.69) is 43.4 Å². The molecule has 0 aromatic rings. The van der Waals surface area contributed by atoms with Gasteiger partial charge in [0.1, 0.15) is 6.10 Å². The van der Waals surface area contributed by atoms with E-state index in [9.17, 15) is 9.90 Å². The first-order valence-corrected chi connectivity index (χ1v) is 12.1. The van der Waals surface area contributed by atoms with Crippen LogP contribution in [-0.2, 0) is 14.3 Å². The van der Waals surface area contributed by atoms with E-state index in [0.717, 1.165) is 44.9 Å². The molecule has 0 heterocycles. The van der Waals surface area contributed by atoms with Crippen molar-refractivity contribution < 1.29 is 19.4 Å². The summed E-state index contributed by atoms with van der Waals surface area (Å²) < 4.78 is 10.8. The third kappa shape index (κ3) is 21.3. The van der Waals surface area contributed by atoms with Crippen LogP contribution in [0.15, 0.2) is 36.5 Å². The standard InChI is InChI=1S/C26H46O4/c1-3-5-7-8-9-10-11-12-13-14-15-16-17-18-19-20-22-29-24-25(23-27)30-26(28)21-6-4-2/h5,7,9-10,12-13,25,27H,3-4,6,8,11,14-24H2,1-2H3/b7-5-,10-9-,13-12-. The van der Waals surface area contributed by atoms with Gasteiger partial charge < -0.3 is 14.6 Å². The van der Waals surface area contributed by atoms with Crippen LogP contribution in [0.4, 0.5) is 0 Å². The Morgan fingerprint density at radius 3 is 2.13 bits per heavy atom. The van der Waals surface area contributed by atoms with Crippen LogP contribution in [0, 0.1) is 0 Å². The van der Waals surface area contributed by atoms with Crippen molar-refractivity contribution in [2.24, 2.45) is 0 Å². The van der Waals surface area contributed by atoms with Crippen LogP contribution in [0.2, 0.25) is 0 Å². The van der Waals surface area contributed by atoms with Gasteiger partial charge in [-0.2, -0.15) is 0 Å². The summed E-state index contributed by atoms with van der Waals surface area (Å²) in [6.45, 7) is 4.95. The number of allylic oxidation sites excluding steroid dienone is 6. The fourth-order valence-electron chi connectivity index (χ4n) is 2.90. The SMILES string of the molecule is CC/C=C\C/C=C\C/C=C\CCCCCCCCOCC(CO)OC(=O)CCCC. The lowest BCUT2D eigenvalue weighted by molar-refractivity contribution is -0.154. The summed E-state index contributed by atoms with van der Waals surface area (Å²) in [5, 5.41) is 9.28. The minimum absolute atomic E-state index is 0.182. The summed E-state index contributed by atoms with van der Waals surface area (Å²) in [7, 11) is 0. The van der Waals surface area contributed by atoms with E-state index < -0.39 is 6.10 Å².